The maximum atomic E-state index is 13.6. The molecule has 0 saturated carbocycles. The van der Waals surface area contributed by atoms with Crippen LogP contribution in [0, 0.1) is 0 Å². The van der Waals surface area contributed by atoms with Crippen LogP contribution < -0.4 is 10.2 Å². The number of esters is 1. The van der Waals surface area contributed by atoms with Crippen LogP contribution in [0.15, 0.2) is 24.3 Å². The first kappa shape index (κ1) is 77.5. The minimum atomic E-state index is -4.70. The summed E-state index contributed by atoms with van der Waals surface area (Å²) in [5.41, 5.74) is 0. The molecule has 0 aromatic rings. The lowest BCUT2D eigenvalue weighted by Crippen LogP contribution is -2.47. The Balaban J connectivity index is 5.03. The number of allylic oxidation sites excluding steroid dienone is 3. The Hall–Kier alpha value is -1.51. The van der Waals surface area contributed by atoms with Gasteiger partial charge in [0.05, 0.1) is 33.8 Å². The Morgan fingerprint density at radius 3 is 1.08 bits per heavy atom. The SMILES string of the molecule is CCCCCCCC/C=C/CCCCCCCCCCCCCCCC(=O)NC(COP(=O)([O-])OCC[N+](C)(C)C)C(/C=C/CCCCCCCCCCC)OC(=O)CCCCCCCCCCCCCCCCCCCCC. The van der Waals surface area contributed by atoms with Crippen LogP contribution in [0.3, 0.4) is 0 Å². The highest BCUT2D eigenvalue weighted by Crippen LogP contribution is 2.38. The average molecular weight is 1140 g/mol. The standard InChI is InChI=1S/C69H135N2O7P/c1-7-10-13-16-19-22-25-27-29-31-33-34-35-36-38-39-41-43-46-49-52-55-58-61-68(72)70-66(65-77-79(74,75)76-64-63-71(4,5)6)67(60-57-54-51-48-45-24-21-18-15-12-9-3)78-69(73)62-59-56-53-50-47-44-42-40-37-32-30-28-26-23-20-17-14-11-8-2/h27,29,57,60,66-67H,7-26,28,30-56,58-59,61-65H2,1-6H3,(H-,70,72,74,75)/b29-27+,60-57+. The van der Waals surface area contributed by atoms with Crippen LogP contribution in [0.2, 0.25) is 0 Å². The number of phosphoric acid groups is 1. The molecule has 0 aliphatic carbocycles. The van der Waals surface area contributed by atoms with E-state index in [1.165, 1.54) is 263 Å². The van der Waals surface area contributed by atoms with Crippen LogP contribution in [0.5, 0.6) is 0 Å². The molecule has 3 unspecified atom stereocenters. The molecule has 1 amide bonds. The number of hydrogen-bond acceptors (Lipinski definition) is 7. The maximum Gasteiger partial charge on any atom is 0.306 e. The third-order valence-electron chi connectivity index (χ3n) is 15.9. The summed E-state index contributed by atoms with van der Waals surface area (Å²) in [6.45, 7) is 6.90. The average Bonchev–Trinajstić information content (AvgIpc) is 3.41. The van der Waals surface area contributed by atoms with Crippen molar-refractivity contribution in [2.45, 2.75) is 367 Å². The van der Waals surface area contributed by atoms with Crippen molar-refractivity contribution in [1.29, 1.82) is 0 Å². The van der Waals surface area contributed by atoms with E-state index in [9.17, 15) is 19.0 Å². The molecule has 0 heterocycles. The Kier molecular flexibility index (Phi) is 58.5. The summed E-state index contributed by atoms with van der Waals surface area (Å²) in [6, 6.07) is -0.883. The molecule has 10 heteroatoms. The lowest BCUT2D eigenvalue weighted by Gasteiger charge is -2.30. The lowest BCUT2D eigenvalue weighted by molar-refractivity contribution is -0.870. The minimum absolute atomic E-state index is 0.0182. The van der Waals surface area contributed by atoms with Crippen LogP contribution in [0.25, 0.3) is 0 Å². The van der Waals surface area contributed by atoms with Gasteiger partial charge in [0.25, 0.3) is 7.82 Å². The number of quaternary nitrogens is 1. The zero-order valence-corrected chi connectivity index (χ0v) is 54.5. The van der Waals surface area contributed by atoms with Crippen LogP contribution in [0.4, 0.5) is 0 Å². The van der Waals surface area contributed by atoms with Gasteiger partial charge in [-0.05, 0) is 57.4 Å². The molecule has 0 aliphatic heterocycles. The highest BCUT2D eigenvalue weighted by molar-refractivity contribution is 7.45. The van der Waals surface area contributed by atoms with Gasteiger partial charge in [0, 0.05) is 12.8 Å². The van der Waals surface area contributed by atoms with E-state index in [0.29, 0.717) is 17.4 Å². The van der Waals surface area contributed by atoms with Gasteiger partial charge in [-0.1, -0.05) is 309 Å². The van der Waals surface area contributed by atoms with Crippen molar-refractivity contribution in [3.05, 3.63) is 24.3 Å². The predicted molar refractivity (Wildman–Crippen MR) is 340 cm³/mol. The number of ether oxygens (including phenoxy) is 1. The molecular formula is C69H135N2O7P. The first-order chi connectivity index (χ1) is 38.4. The highest BCUT2D eigenvalue weighted by Gasteiger charge is 2.27. The molecule has 1 N–H and O–H groups in total. The molecule has 0 spiro atoms. The number of nitrogens with one attached hydrogen (secondary N) is 1. The first-order valence-electron chi connectivity index (χ1n) is 34.6. The number of hydrogen-bond donors (Lipinski definition) is 1. The van der Waals surface area contributed by atoms with E-state index in [-0.39, 0.29) is 31.5 Å². The Morgan fingerprint density at radius 1 is 0.430 bits per heavy atom. The highest BCUT2D eigenvalue weighted by atomic mass is 31.2. The number of unbranched alkanes of at least 4 members (excludes halogenated alkanes) is 46. The lowest BCUT2D eigenvalue weighted by atomic mass is 10.0. The Bertz CT molecular complexity index is 1400. The van der Waals surface area contributed by atoms with Gasteiger partial charge in [0.15, 0.2) is 0 Å². The van der Waals surface area contributed by atoms with Crippen LogP contribution in [-0.2, 0) is 27.9 Å². The summed E-state index contributed by atoms with van der Waals surface area (Å²) in [5.74, 6) is -0.520. The molecule has 0 saturated heterocycles. The molecule has 9 nitrogen and oxygen atoms in total. The fourth-order valence-electron chi connectivity index (χ4n) is 10.5. The maximum absolute atomic E-state index is 13.6. The van der Waals surface area contributed by atoms with Crippen molar-refractivity contribution in [1.82, 2.24) is 5.32 Å². The molecule has 0 fully saturated rings. The van der Waals surface area contributed by atoms with Gasteiger partial charge in [-0.3, -0.25) is 14.2 Å². The smallest absolute Gasteiger partial charge is 0.306 e. The second-order valence-corrected chi connectivity index (χ2v) is 26.5. The number of phosphoric ester groups is 1. The Morgan fingerprint density at radius 2 is 0.734 bits per heavy atom. The summed E-state index contributed by atoms with van der Waals surface area (Å²) in [7, 11) is 1.21. The molecule has 0 aliphatic rings. The summed E-state index contributed by atoms with van der Waals surface area (Å²) in [4.78, 5) is 40.1. The summed E-state index contributed by atoms with van der Waals surface area (Å²) < 4.78 is 30.4. The van der Waals surface area contributed by atoms with E-state index >= 15 is 0 Å². The van der Waals surface area contributed by atoms with Gasteiger partial charge in [0.1, 0.15) is 19.3 Å². The molecule has 79 heavy (non-hydrogen) atoms. The minimum Gasteiger partial charge on any atom is -0.756 e. The number of rotatable bonds is 64. The number of carbonyl (C=O) groups is 2. The molecule has 0 rings (SSSR count). The summed E-state index contributed by atoms with van der Waals surface area (Å²) in [6.07, 6.45) is 71.6. The van der Waals surface area contributed by atoms with Gasteiger partial charge >= 0.3 is 5.97 Å². The zero-order chi connectivity index (χ0) is 57.9. The number of nitrogens with zero attached hydrogens (tertiary/aromatic N) is 1. The molecular weight excluding hydrogens is 1000 g/mol. The monoisotopic (exact) mass is 1140 g/mol. The van der Waals surface area contributed by atoms with Gasteiger partial charge in [-0.15, -0.1) is 0 Å². The van der Waals surface area contributed by atoms with Gasteiger partial charge in [-0.25, -0.2) is 0 Å². The van der Waals surface area contributed by atoms with Gasteiger partial charge < -0.3 is 28.5 Å². The van der Waals surface area contributed by atoms with E-state index in [1.807, 2.05) is 33.3 Å². The second-order valence-electron chi connectivity index (χ2n) is 25.0. The van der Waals surface area contributed by atoms with Gasteiger partial charge in [-0.2, -0.15) is 0 Å². The fraction of sp³-hybridized carbons (Fsp3) is 0.913. The van der Waals surface area contributed by atoms with Crippen molar-refractivity contribution >= 4 is 19.7 Å². The number of carbonyl (C=O) groups excluding carboxylic acids is 2. The zero-order valence-electron chi connectivity index (χ0n) is 53.6. The normalized spacial score (nSPS) is 13.7. The van der Waals surface area contributed by atoms with Crippen molar-refractivity contribution < 1.29 is 37.3 Å². The van der Waals surface area contributed by atoms with Crippen molar-refractivity contribution in [2.75, 3.05) is 40.9 Å². The molecule has 468 valence electrons. The molecule has 3 atom stereocenters. The number of likely N-dealkylation sites (N-methyl/N-ethyl adjacent to an activating group) is 1. The topological polar surface area (TPSA) is 114 Å². The molecule has 0 aromatic heterocycles. The number of amides is 1. The summed E-state index contributed by atoms with van der Waals surface area (Å²) >= 11 is 0. The largest absolute Gasteiger partial charge is 0.756 e. The van der Waals surface area contributed by atoms with Crippen molar-refractivity contribution in [2.24, 2.45) is 0 Å². The summed E-state index contributed by atoms with van der Waals surface area (Å²) in [5, 5.41) is 3.05. The van der Waals surface area contributed by atoms with Crippen LogP contribution >= 0.6 is 7.82 Å². The molecule has 0 radical (unpaired) electrons. The third-order valence-corrected chi connectivity index (χ3v) is 16.8. The van der Waals surface area contributed by atoms with E-state index in [0.717, 1.165) is 57.8 Å². The molecule has 0 aromatic carbocycles. The quantitative estimate of drug-likeness (QED) is 0.0212. The molecule has 0 bridgehead atoms. The van der Waals surface area contributed by atoms with E-state index in [4.69, 9.17) is 13.8 Å². The Labute approximate surface area is 492 Å². The van der Waals surface area contributed by atoms with Crippen LogP contribution in [-0.4, -0.2) is 69.4 Å². The van der Waals surface area contributed by atoms with Crippen molar-refractivity contribution in [3.8, 4) is 0 Å². The third kappa shape index (κ3) is 60.9. The first-order valence-corrected chi connectivity index (χ1v) is 36.1. The van der Waals surface area contributed by atoms with Crippen molar-refractivity contribution in [3.63, 3.8) is 0 Å². The second kappa shape index (κ2) is 59.6. The van der Waals surface area contributed by atoms with E-state index in [1.54, 1.807) is 0 Å². The van der Waals surface area contributed by atoms with E-state index < -0.39 is 20.0 Å². The predicted octanol–water partition coefficient (Wildman–Crippen LogP) is 21.0. The van der Waals surface area contributed by atoms with E-state index in [2.05, 4.69) is 38.2 Å². The fourth-order valence-corrected chi connectivity index (χ4v) is 11.2. The van der Waals surface area contributed by atoms with Crippen LogP contribution in [0.1, 0.15) is 355 Å². The van der Waals surface area contributed by atoms with Gasteiger partial charge in [0.2, 0.25) is 5.91 Å².